The summed E-state index contributed by atoms with van der Waals surface area (Å²) in [4.78, 5) is 12.8. The smallest absolute Gasteiger partial charge is 0.444 e. The second kappa shape index (κ2) is 7.51. The van der Waals surface area contributed by atoms with Crippen LogP contribution in [0.5, 0.6) is 0 Å². The zero-order chi connectivity index (χ0) is 31.3. The number of amides is 1. The Morgan fingerprint density at radius 3 is 2.24 bits per heavy atom. The number of hydrogen-bond donors (Lipinski definition) is 0. The van der Waals surface area contributed by atoms with Gasteiger partial charge in [-0.2, -0.15) is 0 Å². The summed E-state index contributed by atoms with van der Waals surface area (Å²) in [5, 5.41) is 0. The lowest BCUT2D eigenvalue weighted by Crippen LogP contribution is -2.50. The second-order valence-electron chi connectivity index (χ2n) is 8.96. The Kier molecular flexibility index (Phi) is 3.01. The van der Waals surface area contributed by atoms with Crippen LogP contribution in [0.1, 0.15) is 69.1 Å². The fourth-order valence-electron chi connectivity index (χ4n) is 2.65. The summed E-state index contributed by atoms with van der Waals surface area (Å²) in [5.41, 5.74) is -3.77. The molecule has 1 amide bonds. The van der Waals surface area contributed by atoms with Gasteiger partial charge < -0.3 is 23.8 Å². The number of hydrogen-bond acceptors (Lipinski definition) is 5. The Labute approximate surface area is 191 Å². The van der Waals surface area contributed by atoms with E-state index in [0.29, 0.717) is 0 Å². The monoisotopic (exact) mass is 413 g/mol. The first kappa shape index (κ1) is 11.6. The third kappa shape index (κ3) is 4.72. The summed E-state index contributed by atoms with van der Waals surface area (Å²) >= 11 is 0. The standard InChI is InChI=1S/C22H35BN2O4/c1-16-15-17(23-28-21(5,6)22(7,8)29-23)9-10-18(16)24-11-13-25(14-12-24)19(26)27-20(2,3)4/h9-10,15H,11-14H2,1-8H3/i1D3,11D2,12D2,13D2,14D2. The number of ether oxygens (including phenoxy) is 1. The third-order valence-corrected chi connectivity index (χ3v) is 4.91. The van der Waals surface area contributed by atoms with Crippen LogP contribution in [0.2, 0.25) is 0 Å². The van der Waals surface area contributed by atoms with Crippen LogP contribution in [-0.2, 0) is 14.0 Å². The summed E-state index contributed by atoms with van der Waals surface area (Å²) in [6.45, 7) is -5.58. The molecule has 6 nitrogen and oxygen atoms in total. The van der Waals surface area contributed by atoms with Gasteiger partial charge in [0.05, 0.1) is 22.2 Å². The van der Waals surface area contributed by atoms with Crippen molar-refractivity contribution in [3.8, 4) is 0 Å². The van der Waals surface area contributed by atoms with E-state index in [9.17, 15) is 4.79 Å². The Bertz CT molecular complexity index is 1140. The Morgan fingerprint density at radius 1 is 1.14 bits per heavy atom. The molecule has 0 aromatic heterocycles. The maximum absolute atomic E-state index is 12.9. The van der Waals surface area contributed by atoms with Gasteiger partial charge >= 0.3 is 13.2 Å². The SMILES string of the molecule is [2H]C([2H])([2H])c1cc(B2OC(C)(C)C(C)(C)O2)ccc1N1C([2H])([2H])C([2H])([2H])N(C(=O)OC(C)(C)C)C([2H])([2H])C1([2H])[2H]. The number of rotatable bonds is 2. The van der Waals surface area contributed by atoms with E-state index in [0.717, 1.165) is 12.1 Å². The number of anilines is 1. The molecule has 0 aliphatic carbocycles. The van der Waals surface area contributed by atoms with Gasteiger partial charge in [-0.25, -0.2) is 4.79 Å². The Morgan fingerprint density at radius 2 is 1.72 bits per heavy atom. The van der Waals surface area contributed by atoms with Gasteiger partial charge in [0.15, 0.2) is 0 Å². The number of benzene rings is 1. The first-order valence-corrected chi connectivity index (χ1v) is 9.36. The predicted molar refractivity (Wildman–Crippen MR) is 117 cm³/mol. The number of carbonyl (C=O) groups is 1. The van der Waals surface area contributed by atoms with Gasteiger partial charge in [0.2, 0.25) is 0 Å². The molecular weight excluding hydrogens is 367 g/mol. The fraction of sp³-hybridized carbons (Fsp3) is 0.682. The van der Waals surface area contributed by atoms with E-state index < -0.39 is 74.1 Å². The maximum Gasteiger partial charge on any atom is 0.494 e. The number of nitrogens with zero attached hydrogens (tertiary/aromatic N) is 2. The summed E-state index contributed by atoms with van der Waals surface area (Å²) in [6.07, 6.45) is -1.62. The quantitative estimate of drug-likeness (QED) is 0.696. The molecule has 0 unspecified atom stereocenters. The molecule has 0 radical (unpaired) electrons. The summed E-state index contributed by atoms with van der Waals surface area (Å²) < 4.78 is 110. The van der Waals surface area contributed by atoms with Crippen LogP contribution >= 0.6 is 0 Å². The minimum Gasteiger partial charge on any atom is -0.444 e. The normalized spacial score (nSPS) is 34.4. The van der Waals surface area contributed by atoms with Gasteiger partial charge in [0, 0.05) is 35.8 Å². The number of piperazine rings is 1. The van der Waals surface area contributed by atoms with Gasteiger partial charge in [0.25, 0.3) is 0 Å². The number of aryl methyl sites for hydroxylation is 1. The predicted octanol–water partition coefficient (Wildman–Crippen LogP) is 3.35. The van der Waals surface area contributed by atoms with E-state index in [1.54, 1.807) is 27.7 Å². The largest absolute Gasteiger partial charge is 0.494 e. The summed E-state index contributed by atoms with van der Waals surface area (Å²) in [5.74, 6) is 0. The average Bonchev–Trinajstić information content (AvgIpc) is 2.91. The van der Waals surface area contributed by atoms with E-state index in [1.165, 1.54) is 26.8 Å². The van der Waals surface area contributed by atoms with Crippen molar-refractivity contribution in [3.05, 3.63) is 23.8 Å². The van der Waals surface area contributed by atoms with Crippen LogP contribution in [0.15, 0.2) is 18.2 Å². The van der Waals surface area contributed by atoms with Crippen LogP contribution in [0.4, 0.5) is 10.5 Å². The van der Waals surface area contributed by atoms with Crippen molar-refractivity contribution in [2.75, 3.05) is 30.9 Å². The lowest BCUT2D eigenvalue weighted by molar-refractivity contribution is 0.00578. The van der Waals surface area contributed by atoms with E-state index >= 15 is 0 Å². The molecular formula is C22H35BN2O4. The molecule has 0 bridgehead atoms. The molecule has 3 rings (SSSR count). The van der Waals surface area contributed by atoms with E-state index in [1.807, 2.05) is 0 Å². The second-order valence-corrected chi connectivity index (χ2v) is 8.96. The third-order valence-electron chi connectivity index (χ3n) is 4.91. The minimum atomic E-state index is -3.54. The molecule has 0 N–H and O–H groups in total. The van der Waals surface area contributed by atoms with E-state index in [2.05, 4.69) is 0 Å². The van der Waals surface area contributed by atoms with Crippen LogP contribution in [0, 0.1) is 6.85 Å². The molecule has 1 aromatic rings. The van der Waals surface area contributed by atoms with Gasteiger partial charge in [-0.05, 0) is 72.4 Å². The minimum absolute atomic E-state index is 0.108. The lowest BCUT2D eigenvalue weighted by Gasteiger charge is -2.37. The van der Waals surface area contributed by atoms with Crippen LogP contribution in [0.3, 0.4) is 0 Å². The molecule has 160 valence electrons. The topological polar surface area (TPSA) is 51.2 Å². The van der Waals surface area contributed by atoms with Crippen molar-refractivity contribution >= 4 is 24.4 Å². The molecule has 7 heteroatoms. The van der Waals surface area contributed by atoms with Crippen LogP contribution in [0.25, 0.3) is 0 Å². The average molecular weight is 413 g/mol. The molecule has 2 fully saturated rings. The Balaban J connectivity index is 2.23. The van der Waals surface area contributed by atoms with E-state index in [-0.39, 0.29) is 15.3 Å². The molecule has 2 heterocycles. The molecule has 29 heavy (non-hydrogen) atoms. The zero-order valence-electron chi connectivity index (χ0n) is 28.8. The maximum atomic E-state index is 12.9. The first-order chi connectivity index (χ1) is 17.5. The molecule has 0 atom stereocenters. The van der Waals surface area contributed by atoms with Gasteiger partial charge in [-0.3, -0.25) is 0 Å². The van der Waals surface area contributed by atoms with Crippen molar-refractivity contribution in [1.29, 1.82) is 0 Å². The van der Waals surface area contributed by atoms with Gasteiger partial charge in [-0.1, -0.05) is 12.1 Å². The summed E-state index contributed by atoms with van der Waals surface area (Å²) in [6, 6.07) is 3.51. The zero-order valence-corrected chi connectivity index (χ0v) is 17.8. The molecule has 2 aliphatic rings. The molecule has 0 saturated carbocycles. The van der Waals surface area contributed by atoms with Crippen molar-refractivity contribution in [2.45, 2.75) is 72.1 Å². The van der Waals surface area contributed by atoms with Crippen molar-refractivity contribution in [1.82, 2.24) is 4.90 Å². The summed E-state index contributed by atoms with van der Waals surface area (Å²) in [7, 11) is -1.02. The highest BCUT2D eigenvalue weighted by molar-refractivity contribution is 6.62. The molecule has 1 aromatic carbocycles. The highest BCUT2D eigenvalue weighted by Crippen LogP contribution is 2.36. The van der Waals surface area contributed by atoms with Crippen LogP contribution < -0.4 is 10.4 Å². The van der Waals surface area contributed by atoms with E-state index in [4.69, 9.17) is 29.1 Å². The van der Waals surface area contributed by atoms with Gasteiger partial charge in [-0.15, -0.1) is 0 Å². The lowest BCUT2D eigenvalue weighted by atomic mass is 9.78. The first-order valence-electron chi connectivity index (χ1n) is 14.9. The van der Waals surface area contributed by atoms with Crippen molar-refractivity contribution in [3.63, 3.8) is 0 Å². The van der Waals surface area contributed by atoms with Crippen molar-refractivity contribution in [2.24, 2.45) is 0 Å². The van der Waals surface area contributed by atoms with Crippen molar-refractivity contribution < 1.29 is 33.9 Å². The molecule has 2 aliphatic heterocycles. The molecule has 0 spiro atoms. The highest BCUT2D eigenvalue weighted by Gasteiger charge is 2.51. The van der Waals surface area contributed by atoms with Gasteiger partial charge in [0.1, 0.15) is 5.60 Å². The number of carbonyl (C=O) groups excluding carboxylic acids is 1. The van der Waals surface area contributed by atoms with Crippen LogP contribution in [-0.4, -0.2) is 60.9 Å². The molecule has 2 saturated heterocycles. The highest BCUT2D eigenvalue weighted by atomic mass is 16.7. The fourth-order valence-corrected chi connectivity index (χ4v) is 2.65. The Hall–Kier alpha value is -1.73.